The topological polar surface area (TPSA) is 58.6 Å². The number of carbonyl (C=O) groups excluding carboxylic acids is 2. The first-order valence-corrected chi connectivity index (χ1v) is 8.25. The van der Waals surface area contributed by atoms with E-state index >= 15 is 0 Å². The van der Waals surface area contributed by atoms with Gasteiger partial charge in [0, 0.05) is 17.6 Å². The lowest BCUT2D eigenvalue weighted by molar-refractivity contribution is -0.176. The number of nitrogens with zero attached hydrogens (tertiary/aromatic N) is 1. The van der Waals surface area contributed by atoms with E-state index in [4.69, 9.17) is 0 Å². The molecule has 0 spiro atoms. The molecule has 1 N–H and O–H groups in total. The SMILES string of the molecule is CCN(CC(=O)NC(C)(C)C)C(=O)c1ccc(COCC(F)(F)F)cc1. The normalized spacial score (nSPS) is 12.0. The third-order valence-corrected chi connectivity index (χ3v) is 3.25. The molecule has 26 heavy (non-hydrogen) atoms. The maximum absolute atomic E-state index is 12.5. The van der Waals surface area contributed by atoms with E-state index < -0.39 is 18.3 Å². The van der Waals surface area contributed by atoms with Gasteiger partial charge < -0.3 is 15.0 Å². The monoisotopic (exact) mass is 374 g/mol. The fourth-order valence-corrected chi connectivity index (χ4v) is 2.17. The Balaban J connectivity index is 2.65. The Labute approximate surface area is 151 Å². The number of rotatable bonds is 7. The lowest BCUT2D eigenvalue weighted by atomic mass is 10.1. The second-order valence-corrected chi connectivity index (χ2v) is 6.92. The Morgan fingerprint density at radius 1 is 1.12 bits per heavy atom. The molecule has 2 amide bonds. The average molecular weight is 374 g/mol. The molecule has 1 aromatic carbocycles. The minimum atomic E-state index is -4.37. The van der Waals surface area contributed by atoms with Gasteiger partial charge in [-0.25, -0.2) is 0 Å². The number of hydrogen-bond acceptors (Lipinski definition) is 3. The first-order chi connectivity index (χ1) is 11.9. The van der Waals surface area contributed by atoms with Crippen molar-refractivity contribution in [3.8, 4) is 0 Å². The molecule has 0 heterocycles. The number of hydrogen-bond donors (Lipinski definition) is 1. The number of alkyl halides is 3. The Kier molecular flexibility index (Phi) is 7.62. The second kappa shape index (κ2) is 9.02. The van der Waals surface area contributed by atoms with Crippen LogP contribution < -0.4 is 5.32 Å². The summed E-state index contributed by atoms with van der Waals surface area (Å²) < 4.78 is 40.7. The summed E-state index contributed by atoms with van der Waals surface area (Å²) in [7, 11) is 0. The van der Waals surface area contributed by atoms with Crippen molar-refractivity contribution in [1.29, 1.82) is 0 Å². The number of halogens is 3. The summed E-state index contributed by atoms with van der Waals surface area (Å²) in [5.74, 6) is -0.579. The van der Waals surface area contributed by atoms with E-state index in [9.17, 15) is 22.8 Å². The Hall–Kier alpha value is -2.09. The van der Waals surface area contributed by atoms with E-state index in [0.717, 1.165) is 0 Å². The van der Waals surface area contributed by atoms with Gasteiger partial charge in [-0.1, -0.05) is 12.1 Å². The summed E-state index contributed by atoms with van der Waals surface area (Å²) in [5, 5.41) is 2.79. The van der Waals surface area contributed by atoms with Gasteiger partial charge in [-0.05, 0) is 45.4 Å². The van der Waals surface area contributed by atoms with Crippen molar-refractivity contribution in [2.75, 3.05) is 19.7 Å². The quantitative estimate of drug-likeness (QED) is 0.798. The van der Waals surface area contributed by atoms with Crippen molar-refractivity contribution >= 4 is 11.8 Å². The standard InChI is InChI=1S/C18H25F3N2O3/c1-5-23(10-15(24)22-17(2,3)4)16(25)14-8-6-13(7-9-14)11-26-12-18(19,20)21/h6-9H,5,10-12H2,1-4H3,(H,22,24). The van der Waals surface area contributed by atoms with Gasteiger partial charge in [0.05, 0.1) is 13.2 Å². The Morgan fingerprint density at radius 2 is 1.69 bits per heavy atom. The van der Waals surface area contributed by atoms with Gasteiger partial charge in [-0.15, -0.1) is 0 Å². The molecule has 8 heteroatoms. The number of nitrogens with one attached hydrogen (secondary N) is 1. The molecule has 0 fully saturated rings. The summed E-state index contributed by atoms with van der Waals surface area (Å²) in [6.45, 7) is 6.09. The van der Waals surface area contributed by atoms with E-state index in [0.29, 0.717) is 17.7 Å². The predicted octanol–water partition coefficient (Wildman–Crippen LogP) is 3.14. The first-order valence-electron chi connectivity index (χ1n) is 8.25. The number of carbonyl (C=O) groups is 2. The van der Waals surface area contributed by atoms with Gasteiger partial charge in [-0.2, -0.15) is 13.2 Å². The van der Waals surface area contributed by atoms with Crippen LogP contribution in [0.5, 0.6) is 0 Å². The molecule has 1 rings (SSSR count). The summed E-state index contributed by atoms with van der Waals surface area (Å²) in [4.78, 5) is 25.9. The second-order valence-electron chi connectivity index (χ2n) is 6.92. The summed E-state index contributed by atoms with van der Waals surface area (Å²) >= 11 is 0. The van der Waals surface area contributed by atoms with Crippen LogP contribution in [0.3, 0.4) is 0 Å². The van der Waals surface area contributed by atoms with E-state index in [1.54, 1.807) is 6.92 Å². The molecule has 1 aromatic rings. The van der Waals surface area contributed by atoms with Gasteiger partial charge in [-0.3, -0.25) is 9.59 Å². The maximum Gasteiger partial charge on any atom is 0.411 e. The van der Waals surface area contributed by atoms with Crippen LogP contribution in [0.25, 0.3) is 0 Å². The van der Waals surface area contributed by atoms with Crippen LogP contribution in [0.15, 0.2) is 24.3 Å². The molecule has 0 saturated carbocycles. The van der Waals surface area contributed by atoms with Crippen molar-refractivity contribution in [1.82, 2.24) is 10.2 Å². The summed E-state index contributed by atoms with van der Waals surface area (Å²) in [6.07, 6.45) is -4.37. The average Bonchev–Trinajstić information content (AvgIpc) is 2.49. The van der Waals surface area contributed by atoms with Crippen LogP contribution >= 0.6 is 0 Å². The molecule has 0 radical (unpaired) electrons. The predicted molar refractivity (Wildman–Crippen MR) is 91.6 cm³/mol. The van der Waals surface area contributed by atoms with E-state index in [1.807, 2.05) is 20.8 Å². The fourth-order valence-electron chi connectivity index (χ4n) is 2.17. The molecular weight excluding hydrogens is 349 g/mol. The van der Waals surface area contributed by atoms with Crippen LogP contribution in [-0.4, -0.2) is 48.1 Å². The van der Waals surface area contributed by atoms with E-state index in [-0.39, 0.29) is 25.0 Å². The number of amides is 2. The smallest absolute Gasteiger partial charge is 0.367 e. The summed E-state index contributed by atoms with van der Waals surface area (Å²) in [5.41, 5.74) is 0.492. The van der Waals surface area contributed by atoms with Crippen molar-refractivity contribution in [3.63, 3.8) is 0 Å². The molecule has 0 saturated heterocycles. The molecular formula is C18H25F3N2O3. The molecule has 5 nitrogen and oxygen atoms in total. The molecule has 0 atom stereocenters. The van der Waals surface area contributed by atoms with Gasteiger partial charge in [0.1, 0.15) is 6.61 Å². The zero-order valence-electron chi connectivity index (χ0n) is 15.4. The summed E-state index contributed by atoms with van der Waals surface area (Å²) in [6, 6.07) is 6.09. The molecule has 0 aliphatic heterocycles. The van der Waals surface area contributed by atoms with Gasteiger partial charge in [0.2, 0.25) is 5.91 Å². The van der Waals surface area contributed by atoms with Gasteiger partial charge >= 0.3 is 6.18 Å². The lowest BCUT2D eigenvalue weighted by Crippen LogP contribution is -2.47. The van der Waals surface area contributed by atoms with Crippen LogP contribution in [0.1, 0.15) is 43.6 Å². The van der Waals surface area contributed by atoms with Crippen LogP contribution in [-0.2, 0) is 16.1 Å². The zero-order valence-corrected chi connectivity index (χ0v) is 15.4. The number of likely N-dealkylation sites (N-methyl/N-ethyl adjacent to an activating group) is 1. The zero-order chi connectivity index (χ0) is 20.0. The molecule has 0 aliphatic rings. The third-order valence-electron chi connectivity index (χ3n) is 3.25. The van der Waals surface area contributed by atoms with E-state index in [2.05, 4.69) is 10.1 Å². The Morgan fingerprint density at radius 3 is 2.15 bits per heavy atom. The minimum Gasteiger partial charge on any atom is -0.367 e. The van der Waals surface area contributed by atoms with Gasteiger partial charge in [0.25, 0.3) is 5.91 Å². The van der Waals surface area contributed by atoms with Crippen molar-refractivity contribution < 1.29 is 27.5 Å². The van der Waals surface area contributed by atoms with E-state index in [1.165, 1.54) is 29.2 Å². The van der Waals surface area contributed by atoms with Crippen LogP contribution in [0.2, 0.25) is 0 Å². The fraction of sp³-hybridized carbons (Fsp3) is 0.556. The van der Waals surface area contributed by atoms with Crippen LogP contribution in [0, 0.1) is 0 Å². The number of benzene rings is 1. The van der Waals surface area contributed by atoms with Gasteiger partial charge in [0.15, 0.2) is 0 Å². The highest BCUT2D eigenvalue weighted by atomic mass is 19.4. The van der Waals surface area contributed by atoms with Crippen LogP contribution in [0.4, 0.5) is 13.2 Å². The number of ether oxygens (including phenoxy) is 1. The lowest BCUT2D eigenvalue weighted by Gasteiger charge is -2.25. The first kappa shape index (κ1) is 22.0. The van der Waals surface area contributed by atoms with Crippen molar-refractivity contribution in [3.05, 3.63) is 35.4 Å². The highest BCUT2D eigenvalue weighted by Gasteiger charge is 2.27. The Bertz CT molecular complexity index is 608. The molecule has 0 aromatic heterocycles. The molecule has 0 aliphatic carbocycles. The molecule has 0 bridgehead atoms. The highest BCUT2D eigenvalue weighted by molar-refractivity contribution is 5.96. The highest BCUT2D eigenvalue weighted by Crippen LogP contribution is 2.16. The van der Waals surface area contributed by atoms with Crippen molar-refractivity contribution in [2.24, 2.45) is 0 Å². The van der Waals surface area contributed by atoms with Crippen molar-refractivity contribution in [2.45, 2.75) is 46.0 Å². The third kappa shape index (κ3) is 8.33. The molecule has 0 unspecified atom stereocenters. The maximum atomic E-state index is 12.5. The minimum absolute atomic E-state index is 0.0664. The largest absolute Gasteiger partial charge is 0.411 e. The molecule has 146 valence electrons.